The van der Waals surface area contributed by atoms with Gasteiger partial charge in [0.1, 0.15) is 0 Å². The summed E-state index contributed by atoms with van der Waals surface area (Å²) in [7, 11) is 0. The first-order valence-electron chi connectivity index (χ1n) is 4.47. The summed E-state index contributed by atoms with van der Waals surface area (Å²) >= 11 is 0. The molecule has 14 heavy (non-hydrogen) atoms. The molecule has 80 valence electrons. The van der Waals surface area contributed by atoms with Crippen molar-refractivity contribution in [1.29, 1.82) is 0 Å². The van der Waals surface area contributed by atoms with E-state index in [1.807, 2.05) is 0 Å². The second-order valence-electron chi connectivity index (χ2n) is 2.55. The van der Waals surface area contributed by atoms with Crippen LogP contribution < -0.4 is 0 Å². The number of ether oxygens (including phenoxy) is 2. The second kappa shape index (κ2) is 7.06. The van der Waals surface area contributed by atoms with E-state index in [-0.39, 0.29) is 13.0 Å². The number of hydrogen-bond donors (Lipinski definition) is 0. The molecule has 5 nitrogen and oxygen atoms in total. The van der Waals surface area contributed by atoms with Gasteiger partial charge in [0.15, 0.2) is 6.61 Å². The van der Waals surface area contributed by atoms with Crippen molar-refractivity contribution in [3.8, 4) is 0 Å². The Morgan fingerprint density at radius 3 is 2.21 bits per heavy atom. The van der Waals surface area contributed by atoms with E-state index < -0.39 is 24.3 Å². The van der Waals surface area contributed by atoms with Crippen LogP contribution in [0.2, 0.25) is 0 Å². The van der Waals surface area contributed by atoms with Crippen molar-refractivity contribution >= 4 is 17.7 Å². The zero-order valence-electron chi connectivity index (χ0n) is 8.37. The number of esters is 2. The Balaban J connectivity index is 3.73. The van der Waals surface area contributed by atoms with Crippen LogP contribution in [0.25, 0.3) is 0 Å². The topological polar surface area (TPSA) is 69.7 Å². The van der Waals surface area contributed by atoms with Gasteiger partial charge in [-0.1, -0.05) is 6.92 Å². The van der Waals surface area contributed by atoms with Crippen LogP contribution in [-0.2, 0) is 23.9 Å². The Bertz CT molecular complexity index is 221. The summed E-state index contributed by atoms with van der Waals surface area (Å²) in [6.07, 6.45) is 0.717. The van der Waals surface area contributed by atoms with Crippen LogP contribution in [0.3, 0.4) is 0 Å². The van der Waals surface area contributed by atoms with Gasteiger partial charge < -0.3 is 9.47 Å². The van der Waals surface area contributed by atoms with Gasteiger partial charge in [0, 0.05) is 6.42 Å². The first kappa shape index (κ1) is 12.6. The molecule has 0 saturated heterocycles. The molecule has 0 bridgehead atoms. The highest BCUT2D eigenvalue weighted by Crippen LogP contribution is 1.92. The Hall–Kier alpha value is -1.39. The molecule has 0 atom stereocenters. The third-order valence-electron chi connectivity index (χ3n) is 1.33. The van der Waals surface area contributed by atoms with Crippen LogP contribution in [0.15, 0.2) is 0 Å². The minimum absolute atomic E-state index is 0.141. The van der Waals surface area contributed by atoms with Gasteiger partial charge in [0.05, 0.1) is 6.61 Å². The van der Waals surface area contributed by atoms with E-state index in [4.69, 9.17) is 0 Å². The van der Waals surface area contributed by atoms with Crippen molar-refractivity contribution in [3.05, 3.63) is 0 Å². The van der Waals surface area contributed by atoms with E-state index >= 15 is 0 Å². The number of Topliss-reactive ketones (excluding diaryl/α,β-unsaturated/α-hetero) is 1. The highest BCUT2D eigenvalue weighted by molar-refractivity contribution is 6.33. The highest BCUT2D eigenvalue weighted by Gasteiger charge is 2.15. The minimum atomic E-state index is -0.972. The summed E-state index contributed by atoms with van der Waals surface area (Å²) in [5, 5.41) is 0. The Morgan fingerprint density at radius 2 is 1.71 bits per heavy atom. The zero-order chi connectivity index (χ0) is 11.0. The van der Waals surface area contributed by atoms with Gasteiger partial charge >= 0.3 is 11.9 Å². The lowest BCUT2D eigenvalue weighted by Crippen LogP contribution is -2.22. The zero-order valence-corrected chi connectivity index (χ0v) is 8.37. The summed E-state index contributed by atoms with van der Waals surface area (Å²) in [6.45, 7) is 3.14. The van der Waals surface area contributed by atoms with Gasteiger partial charge in [0.2, 0.25) is 5.78 Å². The normalized spacial score (nSPS) is 9.29. The molecule has 5 heteroatoms. The molecule has 0 aliphatic rings. The molecule has 0 amide bonds. The fourth-order valence-electron chi connectivity index (χ4n) is 0.737. The van der Waals surface area contributed by atoms with Crippen molar-refractivity contribution < 1.29 is 23.9 Å². The third kappa shape index (κ3) is 5.29. The molecule has 0 N–H and O–H groups in total. The number of rotatable bonds is 6. The summed E-state index contributed by atoms with van der Waals surface area (Å²) in [4.78, 5) is 32.5. The summed E-state index contributed by atoms with van der Waals surface area (Å²) in [6, 6.07) is 0. The summed E-state index contributed by atoms with van der Waals surface area (Å²) in [5.74, 6) is -2.23. The fourth-order valence-corrected chi connectivity index (χ4v) is 0.737. The summed E-state index contributed by atoms with van der Waals surface area (Å²) in [5.41, 5.74) is 0. The van der Waals surface area contributed by atoms with Crippen molar-refractivity contribution in [2.24, 2.45) is 0 Å². The number of ketones is 1. The van der Waals surface area contributed by atoms with Crippen LogP contribution >= 0.6 is 0 Å². The van der Waals surface area contributed by atoms with Crippen molar-refractivity contribution in [2.45, 2.75) is 26.7 Å². The molecule has 0 heterocycles. The van der Waals surface area contributed by atoms with Crippen LogP contribution in [0, 0.1) is 0 Å². The molecule has 0 spiro atoms. The van der Waals surface area contributed by atoms with Gasteiger partial charge in [-0.15, -0.1) is 0 Å². The molecule has 0 rings (SSSR count). The Morgan fingerprint density at radius 1 is 1.07 bits per heavy atom. The number of hydrogen-bond acceptors (Lipinski definition) is 5. The lowest BCUT2D eigenvalue weighted by molar-refractivity contribution is -0.162. The monoisotopic (exact) mass is 202 g/mol. The predicted molar refractivity (Wildman–Crippen MR) is 47.5 cm³/mol. The maximum absolute atomic E-state index is 10.9. The standard InChI is InChI=1S/C9H14O5/c1-3-5-7(10)9(12)14-6-8(11)13-4-2/h3-6H2,1-2H3. The van der Waals surface area contributed by atoms with Gasteiger partial charge in [-0.3, -0.25) is 4.79 Å². The van der Waals surface area contributed by atoms with Crippen molar-refractivity contribution in [3.63, 3.8) is 0 Å². The smallest absolute Gasteiger partial charge is 0.375 e. The summed E-state index contributed by atoms with van der Waals surface area (Å²) < 4.78 is 8.91. The van der Waals surface area contributed by atoms with Crippen LogP contribution in [-0.4, -0.2) is 30.9 Å². The first-order valence-corrected chi connectivity index (χ1v) is 4.47. The van der Waals surface area contributed by atoms with Crippen molar-refractivity contribution in [1.82, 2.24) is 0 Å². The Kier molecular flexibility index (Phi) is 6.36. The molecule has 0 radical (unpaired) electrons. The van der Waals surface area contributed by atoms with E-state index in [1.165, 1.54) is 0 Å². The molecule has 0 saturated carbocycles. The van der Waals surface area contributed by atoms with E-state index in [1.54, 1.807) is 13.8 Å². The number of carbonyl (C=O) groups is 3. The van der Waals surface area contributed by atoms with Crippen LogP contribution in [0.4, 0.5) is 0 Å². The number of carbonyl (C=O) groups excluding carboxylic acids is 3. The highest BCUT2D eigenvalue weighted by atomic mass is 16.6. The molecular weight excluding hydrogens is 188 g/mol. The van der Waals surface area contributed by atoms with Gasteiger partial charge in [0.25, 0.3) is 0 Å². The minimum Gasteiger partial charge on any atom is -0.463 e. The molecule has 0 aromatic carbocycles. The van der Waals surface area contributed by atoms with Gasteiger partial charge in [-0.2, -0.15) is 0 Å². The maximum atomic E-state index is 10.9. The van der Waals surface area contributed by atoms with Gasteiger partial charge in [-0.05, 0) is 13.3 Å². The lowest BCUT2D eigenvalue weighted by atomic mass is 10.2. The second-order valence-corrected chi connectivity index (χ2v) is 2.55. The molecule has 0 aliphatic carbocycles. The maximum Gasteiger partial charge on any atom is 0.375 e. The van der Waals surface area contributed by atoms with Crippen LogP contribution in [0.5, 0.6) is 0 Å². The average molecular weight is 202 g/mol. The molecular formula is C9H14O5. The average Bonchev–Trinajstić information content (AvgIpc) is 2.15. The SMILES string of the molecule is CCCC(=O)C(=O)OCC(=O)OCC. The molecule has 0 aromatic rings. The van der Waals surface area contributed by atoms with E-state index in [0.29, 0.717) is 6.42 Å². The molecule has 0 aliphatic heterocycles. The van der Waals surface area contributed by atoms with E-state index in [0.717, 1.165) is 0 Å². The predicted octanol–water partition coefficient (Wildman–Crippen LogP) is 0.462. The lowest BCUT2D eigenvalue weighted by Gasteiger charge is -2.02. The van der Waals surface area contributed by atoms with E-state index in [9.17, 15) is 14.4 Å². The van der Waals surface area contributed by atoms with E-state index in [2.05, 4.69) is 9.47 Å². The largest absolute Gasteiger partial charge is 0.463 e. The molecule has 0 fully saturated rings. The molecule has 0 unspecified atom stereocenters. The van der Waals surface area contributed by atoms with Crippen molar-refractivity contribution in [2.75, 3.05) is 13.2 Å². The first-order chi connectivity index (χ1) is 6.61. The van der Waals surface area contributed by atoms with Crippen LogP contribution in [0.1, 0.15) is 26.7 Å². The quantitative estimate of drug-likeness (QED) is 0.462. The third-order valence-corrected chi connectivity index (χ3v) is 1.33. The fraction of sp³-hybridized carbons (Fsp3) is 0.667. The Labute approximate surface area is 82.4 Å². The van der Waals surface area contributed by atoms with Gasteiger partial charge in [-0.25, -0.2) is 9.59 Å². The molecule has 0 aromatic heterocycles.